The van der Waals surface area contributed by atoms with Crippen LogP contribution in [0.1, 0.15) is 0 Å². The molecule has 3 unspecified atom stereocenters. The predicted octanol–water partition coefficient (Wildman–Crippen LogP) is -3.01. The van der Waals surface area contributed by atoms with Gasteiger partial charge in [0.1, 0.15) is 12.2 Å². The lowest BCUT2D eigenvalue weighted by Crippen LogP contribution is -2.51. The van der Waals surface area contributed by atoms with E-state index in [1.807, 2.05) is 0 Å². The maximum Gasteiger partial charge on any atom is 0.258 e. The molecule has 1 saturated heterocycles. The summed E-state index contributed by atoms with van der Waals surface area (Å²) in [7, 11) is 0. The predicted molar refractivity (Wildman–Crippen MR) is 35.0 cm³/mol. The van der Waals surface area contributed by atoms with E-state index < -0.39 is 30.4 Å². The number of ether oxygens (including phenoxy) is 1. The number of hydrogen-bond acceptors (Lipinski definition) is 6. The average molecular weight is 178 g/mol. The van der Waals surface area contributed by atoms with Crippen LogP contribution in [-0.2, 0) is 9.53 Å². The Labute approximate surface area is 68.0 Å². The van der Waals surface area contributed by atoms with Crippen molar-refractivity contribution in [2.45, 2.75) is 18.0 Å². The van der Waals surface area contributed by atoms with Gasteiger partial charge in [0.2, 0.25) is 5.78 Å². The molecule has 70 valence electrons. The van der Waals surface area contributed by atoms with Crippen molar-refractivity contribution < 1.29 is 30.0 Å². The summed E-state index contributed by atoms with van der Waals surface area (Å²) >= 11 is 0. The number of hydrogen-bond donors (Lipinski definition) is 4. The Morgan fingerprint density at radius 1 is 1.75 bits per heavy atom. The van der Waals surface area contributed by atoms with Crippen LogP contribution in [0.4, 0.5) is 0 Å². The van der Waals surface area contributed by atoms with E-state index in [4.69, 9.17) is 15.3 Å². The third-order valence-electron chi connectivity index (χ3n) is 1.74. The molecule has 0 aromatic heterocycles. The van der Waals surface area contributed by atoms with Gasteiger partial charge in [0.25, 0.3) is 5.79 Å². The first kappa shape index (κ1) is 9.56. The molecular weight excluding hydrogens is 168 g/mol. The zero-order valence-electron chi connectivity index (χ0n) is 6.17. The second-order valence-corrected chi connectivity index (χ2v) is 2.59. The molecule has 12 heavy (non-hydrogen) atoms. The largest absolute Gasteiger partial charge is 0.393 e. The first-order chi connectivity index (χ1) is 5.52. The van der Waals surface area contributed by atoms with Crippen molar-refractivity contribution >= 4 is 5.78 Å². The zero-order valence-corrected chi connectivity index (χ0v) is 6.17. The van der Waals surface area contributed by atoms with Gasteiger partial charge in [-0.25, -0.2) is 0 Å². The molecule has 1 aliphatic rings. The van der Waals surface area contributed by atoms with Gasteiger partial charge in [-0.15, -0.1) is 0 Å². The Kier molecular flexibility index (Phi) is 2.45. The van der Waals surface area contributed by atoms with Crippen molar-refractivity contribution in [3.63, 3.8) is 0 Å². The SMILES string of the molecule is O=C1C(O)COC1(O)C(O)CO. The zero-order chi connectivity index (χ0) is 9.35. The third-order valence-corrected chi connectivity index (χ3v) is 1.74. The third kappa shape index (κ3) is 1.23. The summed E-state index contributed by atoms with van der Waals surface area (Å²) in [5.74, 6) is -3.47. The maximum absolute atomic E-state index is 10.9. The van der Waals surface area contributed by atoms with E-state index in [0.29, 0.717) is 0 Å². The van der Waals surface area contributed by atoms with Crippen molar-refractivity contribution in [3.05, 3.63) is 0 Å². The van der Waals surface area contributed by atoms with Crippen LogP contribution >= 0.6 is 0 Å². The Morgan fingerprint density at radius 2 is 2.33 bits per heavy atom. The summed E-state index contributed by atoms with van der Waals surface area (Å²) < 4.78 is 4.46. The Balaban J connectivity index is 2.78. The summed E-state index contributed by atoms with van der Waals surface area (Å²) in [4.78, 5) is 10.9. The highest BCUT2D eigenvalue weighted by Crippen LogP contribution is 2.22. The lowest BCUT2D eigenvalue weighted by molar-refractivity contribution is -0.228. The fourth-order valence-electron chi connectivity index (χ4n) is 0.976. The topological polar surface area (TPSA) is 107 Å². The fourth-order valence-corrected chi connectivity index (χ4v) is 0.976. The normalized spacial score (nSPS) is 38.7. The van der Waals surface area contributed by atoms with Crippen molar-refractivity contribution in [1.29, 1.82) is 0 Å². The van der Waals surface area contributed by atoms with Crippen LogP contribution in [0.25, 0.3) is 0 Å². The van der Waals surface area contributed by atoms with Crippen molar-refractivity contribution in [1.82, 2.24) is 0 Å². The highest BCUT2D eigenvalue weighted by atomic mass is 16.7. The molecule has 0 radical (unpaired) electrons. The number of aliphatic hydroxyl groups is 4. The summed E-state index contributed by atoms with van der Waals surface area (Å²) in [6, 6.07) is 0. The van der Waals surface area contributed by atoms with Crippen LogP contribution in [0, 0.1) is 0 Å². The fraction of sp³-hybridized carbons (Fsp3) is 0.833. The standard InChI is InChI=1S/C6H10O6/c7-1-4(9)6(11)5(10)3(8)2-12-6/h3-4,7-9,11H,1-2H2. The molecule has 0 amide bonds. The summed E-state index contributed by atoms with van der Waals surface area (Å²) in [6.07, 6.45) is -3.15. The van der Waals surface area contributed by atoms with E-state index in [1.165, 1.54) is 0 Å². The lowest BCUT2D eigenvalue weighted by atomic mass is 10.0. The Bertz CT molecular complexity index is 192. The molecule has 0 aromatic carbocycles. The van der Waals surface area contributed by atoms with E-state index >= 15 is 0 Å². The second kappa shape index (κ2) is 3.08. The quantitative estimate of drug-likeness (QED) is 0.358. The van der Waals surface area contributed by atoms with Gasteiger partial charge in [0, 0.05) is 0 Å². The van der Waals surface area contributed by atoms with Gasteiger partial charge in [-0.3, -0.25) is 4.79 Å². The van der Waals surface area contributed by atoms with Crippen LogP contribution in [-0.4, -0.2) is 57.4 Å². The summed E-state index contributed by atoms with van der Waals surface area (Å²) in [6.45, 7) is -1.18. The minimum absolute atomic E-state index is 0.369. The molecule has 1 rings (SSSR count). The lowest BCUT2D eigenvalue weighted by Gasteiger charge is -2.23. The van der Waals surface area contributed by atoms with Gasteiger partial charge in [-0.2, -0.15) is 0 Å². The number of carbonyl (C=O) groups excluding carboxylic acids is 1. The average Bonchev–Trinajstić information content (AvgIpc) is 2.33. The molecule has 6 heteroatoms. The van der Waals surface area contributed by atoms with Gasteiger partial charge in [0.15, 0.2) is 0 Å². The highest BCUT2D eigenvalue weighted by Gasteiger charge is 2.52. The summed E-state index contributed by atoms with van der Waals surface area (Å²) in [5.41, 5.74) is 0. The number of rotatable bonds is 2. The molecule has 0 aromatic rings. The number of ketones is 1. The second-order valence-electron chi connectivity index (χ2n) is 2.59. The Morgan fingerprint density at radius 3 is 2.67 bits per heavy atom. The molecule has 4 N–H and O–H groups in total. The van der Waals surface area contributed by atoms with Gasteiger partial charge in [-0.1, -0.05) is 0 Å². The first-order valence-electron chi connectivity index (χ1n) is 3.40. The van der Waals surface area contributed by atoms with E-state index in [-0.39, 0.29) is 6.61 Å². The van der Waals surface area contributed by atoms with E-state index in [9.17, 15) is 9.90 Å². The van der Waals surface area contributed by atoms with Crippen molar-refractivity contribution in [2.24, 2.45) is 0 Å². The number of carbonyl (C=O) groups is 1. The van der Waals surface area contributed by atoms with Crippen LogP contribution in [0.3, 0.4) is 0 Å². The molecule has 1 fully saturated rings. The number of Topliss-reactive ketones (excluding diaryl/α,β-unsaturated/α-hetero) is 1. The molecule has 0 spiro atoms. The van der Waals surface area contributed by atoms with Crippen LogP contribution in [0.15, 0.2) is 0 Å². The van der Waals surface area contributed by atoms with E-state index in [2.05, 4.69) is 4.74 Å². The van der Waals surface area contributed by atoms with E-state index in [1.54, 1.807) is 0 Å². The molecule has 6 nitrogen and oxygen atoms in total. The molecule has 1 aliphatic heterocycles. The van der Waals surface area contributed by atoms with Crippen LogP contribution in [0.2, 0.25) is 0 Å². The molecule has 0 bridgehead atoms. The van der Waals surface area contributed by atoms with E-state index in [0.717, 1.165) is 0 Å². The Hall–Kier alpha value is -0.530. The minimum atomic E-state index is -2.45. The van der Waals surface area contributed by atoms with Gasteiger partial charge in [-0.05, 0) is 0 Å². The summed E-state index contributed by atoms with van der Waals surface area (Å²) in [5, 5.41) is 35.5. The van der Waals surface area contributed by atoms with Crippen LogP contribution in [0.5, 0.6) is 0 Å². The highest BCUT2D eigenvalue weighted by molar-refractivity contribution is 5.91. The monoisotopic (exact) mass is 178 g/mol. The molecule has 1 heterocycles. The maximum atomic E-state index is 10.9. The molecule has 0 aliphatic carbocycles. The van der Waals surface area contributed by atoms with Crippen molar-refractivity contribution in [2.75, 3.05) is 13.2 Å². The van der Waals surface area contributed by atoms with Gasteiger partial charge in [0.05, 0.1) is 13.2 Å². The number of aliphatic hydroxyl groups excluding tert-OH is 3. The molecule has 0 saturated carbocycles. The minimum Gasteiger partial charge on any atom is -0.393 e. The smallest absolute Gasteiger partial charge is 0.258 e. The van der Waals surface area contributed by atoms with Crippen molar-refractivity contribution in [3.8, 4) is 0 Å². The molecule has 3 atom stereocenters. The van der Waals surface area contributed by atoms with Gasteiger partial charge >= 0.3 is 0 Å². The first-order valence-corrected chi connectivity index (χ1v) is 3.40. The van der Waals surface area contributed by atoms with Crippen LogP contribution < -0.4 is 0 Å². The molecular formula is C6H10O6. The van der Waals surface area contributed by atoms with Gasteiger partial charge < -0.3 is 25.2 Å².